The highest BCUT2D eigenvalue weighted by molar-refractivity contribution is 5.78. The second-order valence-corrected chi connectivity index (χ2v) is 7.01. The maximum Gasteiger partial charge on any atom is 0.223 e. The number of amides is 1. The molecule has 0 aliphatic carbocycles. The maximum absolute atomic E-state index is 12.8. The minimum Gasteiger partial charge on any atom is -0.508 e. The van der Waals surface area contributed by atoms with Gasteiger partial charge in [-0.3, -0.25) is 4.79 Å². The van der Waals surface area contributed by atoms with Crippen LogP contribution in [0.1, 0.15) is 43.2 Å². The van der Waals surface area contributed by atoms with Gasteiger partial charge in [0.1, 0.15) is 11.5 Å². The Labute approximate surface area is 148 Å². The lowest BCUT2D eigenvalue weighted by Gasteiger charge is -2.31. The van der Waals surface area contributed by atoms with Crippen LogP contribution in [0, 0.1) is 5.92 Å². The van der Waals surface area contributed by atoms with Crippen LogP contribution in [0.3, 0.4) is 0 Å². The third-order valence-corrected chi connectivity index (χ3v) is 5.08. The molecule has 2 N–H and O–H groups in total. The van der Waals surface area contributed by atoms with Gasteiger partial charge in [0.2, 0.25) is 5.91 Å². The summed E-state index contributed by atoms with van der Waals surface area (Å²) in [5.74, 6) is 1.09. The van der Waals surface area contributed by atoms with Crippen molar-refractivity contribution in [2.75, 3.05) is 13.1 Å². The lowest BCUT2D eigenvalue weighted by atomic mass is 9.87. The number of benzene rings is 2. The van der Waals surface area contributed by atoms with E-state index in [2.05, 4.69) is 6.92 Å². The number of phenolic OH excluding ortho intramolecular Hbond substituents is 2. The van der Waals surface area contributed by atoms with E-state index in [1.165, 1.54) is 0 Å². The summed E-state index contributed by atoms with van der Waals surface area (Å²) in [5.41, 5.74) is 1.87. The molecule has 4 nitrogen and oxygen atoms in total. The van der Waals surface area contributed by atoms with Crippen LogP contribution in [0.5, 0.6) is 11.5 Å². The van der Waals surface area contributed by atoms with E-state index in [4.69, 9.17) is 0 Å². The highest BCUT2D eigenvalue weighted by atomic mass is 16.3. The number of aromatic hydroxyl groups is 2. The molecule has 1 aliphatic heterocycles. The number of hydrogen-bond acceptors (Lipinski definition) is 3. The zero-order valence-corrected chi connectivity index (χ0v) is 14.6. The average molecular weight is 339 g/mol. The van der Waals surface area contributed by atoms with Crippen LogP contribution in [0.2, 0.25) is 0 Å². The second-order valence-electron chi connectivity index (χ2n) is 7.01. The molecule has 3 rings (SSSR count). The average Bonchev–Trinajstić information content (AvgIpc) is 2.61. The van der Waals surface area contributed by atoms with Gasteiger partial charge in [-0.05, 0) is 54.2 Å². The van der Waals surface area contributed by atoms with Crippen LogP contribution in [0.4, 0.5) is 0 Å². The van der Waals surface area contributed by atoms with Gasteiger partial charge in [0.15, 0.2) is 0 Å². The molecule has 1 saturated heterocycles. The minimum atomic E-state index is -0.139. The number of nitrogens with zero attached hydrogens (tertiary/aromatic N) is 1. The fraction of sp³-hybridized carbons (Fsp3) is 0.381. The van der Waals surface area contributed by atoms with E-state index in [1.54, 1.807) is 30.3 Å². The Morgan fingerprint density at radius 3 is 2.36 bits per heavy atom. The van der Waals surface area contributed by atoms with Gasteiger partial charge in [-0.1, -0.05) is 31.2 Å². The Balaban J connectivity index is 1.83. The predicted octanol–water partition coefficient (Wildman–Crippen LogP) is 3.88. The summed E-state index contributed by atoms with van der Waals surface area (Å²) in [6, 6.07) is 14.0. The third kappa shape index (κ3) is 4.32. The number of carbonyl (C=O) groups excluding carboxylic acids is 1. The normalized spacial score (nSPS) is 16.6. The summed E-state index contributed by atoms with van der Waals surface area (Å²) < 4.78 is 0. The van der Waals surface area contributed by atoms with E-state index in [0.717, 1.165) is 37.1 Å². The lowest BCUT2D eigenvalue weighted by molar-refractivity contribution is -0.132. The largest absolute Gasteiger partial charge is 0.508 e. The maximum atomic E-state index is 12.8. The lowest BCUT2D eigenvalue weighted by Crippen LogP contribution is -2.38. The molecule has 4 heteroatoms. The predicted molar refractivity (Wildman–Crippen MR) is 97.7 cm³/mol. The first-order chi connectivity index (χ1) is 12.0. The number of phenols is 2. The van der Waals surface area contributed by atoms with E-state index in [1.807, 2.05) is 23.1 Å². The Morgan fingerprint density at radius 2 is 1.72 bits per heavy atom. The summed E-state index contributed by atoms with van der Waals surface area (Å²) in [5, 5.41) is 19.4. The molecule has 1 heterocycles. The first-order valence-electron chi connectivity index (χ1n) is 8.88. The van der Waals surface area contributed by atoms with Crippen LogP contribution in [0.25, 0.3) is 0 Å². The van der Waals surface area contributed by atoms with Crippen molar-refractivity contribution < 1.29 is 15.0 Å². The van der Waals surface area contributed by atoms with Crippen molar-refractivity contribution in [3.05, 3.63) is 59.7 Å². The Kier molecular flexibility index (Phi) is 5.27. The summed E-state index contributed by atoms with van der Waals surface area (Å²) in [6.07, 6.45) is 2.48. The van der Waals surface area contributed by atoms with Gasteiger partial charge < -0.3 is 15.1 Å². The standard InChI is InChI=1S/C21H25NO3/c1-15-9-11-22(12-10-15)21(25)14-20(16-5-7-18(23)8-6-16)17-3-2-4-19(24)13-17/h2-8,13,15,20,23-24H,9-12,14H2,1H3/t20-/m1/s1. The summed E-state index contributed by atoms with van der Waals surface area (Å²) in [4.78, 5) is 14.8. The minimum absolute atomic E-state index is 0.139. The first-order valence-corrected chi connectivity index (χ1v) is 8.88. The highest BCUT2D eigenvalue weighted by Gasteiger charge is 2.25. The van der Waals surface area contributed by atoms with Crippen LogP contribution >= 0.6 is 0 Å². The Morgan fingerprint density at radius 1 is 1.04 bits per heavy atom. The number of carbonyl (C=O) groups is 1. The Hall–Kier alpha value is -2.49. The van der Waals surface area contributed by atoms with E-state index in [9.17, 15) is 15.0 Å². The molecular weight excluding hydrogens is 314 g/mol. The molecule has 0 saturated carbocycles. The SMILES string of the molecule is CC1CCN(C(=O)C[C@H](c2ccc(O)cc2)c2cccc(O)c2)CC1. The zero-order chi connectivity index (χ0) is 17.8. The van der Waals surface area contributed by atoms with Gasteiger partial charge >= 0.3 is 0 Å². The van der Waals surface area contributed by atoms with Gasteiger partial charge in [0.25, 0.3) is 0 Å². The van der Waals surface area contributed by atoms with Crippen LogP contribution in [-0.2, 0) is 4.79 Å². The number of piperidine rings is 1. The van der Waals surface area contributed by atoms with Crippen molar-refractivity contribution in [2.24, 2.45) is 5.92 Å². The molecule has 2 aromatic rings. The molecule has 0 aromatic heterocycles. The second kappa shape index (κ2) is 7.60. The molecule has 132 valence electrons. The number of likely N-dealkylation sites (tertiary alicyclic amines) is 1. The molecule has 1 atom stereocenters. The van der Waals surface area contributed by atoms with Crippen LogP contribution in [0.15, 0.2) is 48.5 Å². The molecule has 0 unspecified atom stereocenters. The van der Waals surface area contributed by atoms with Gasteiger partial charge in [0.05, 0.1) is 0 Å². The van der Waals surface area contributed by atoms with Gasteiger partial charge in [0, 0.05) is 25.4 Å². The van der Waals surface area contributed by atoms with Gasteiger partial charge in [-0.25, -0.2) is 0 Å². The quantitative estimate of drug-likeness (QED) is 0.889. The first kappa shape index (κ1) is 17.3. The number of hydrogen-bond donors (Lipinski definition) is 2. The van der Waals surface area contributed by atoms with Crippen molar-refractivity contribution in [3.63, 3.8) is 0 Å². The third-order valence-electron chi connectivity index (χ3n) is 5.08. The molecule has 1 fully saturated rings. The summed E-state index contributed by atoms with van der Waals surface area (Å²) in [6.45, 7) is 3.87. The topological polar surface area (TPSA) is 60.8 Å². The molecule has 1 aliphatic rings. The van der Waals surface area contributed by atoms with Crippen molar-refractivity contribution in [1.29, 1.82) is 0 Å². The summed E-state index contributed by atoms with van der Waals surface area (Å²) in [7, 11) is 0. The molecule has 0 spiro atoms. The van der Waals surface area contributed by atoms with Crippen LogP contribution in [-0.4, -0.2) is 34.1 Å². The highest BCUT2D eigenvalue weighted by Crippen LogP contribution is 2.32. The molecular formula is C21H25NO3. The monoisotopic (exact) mass is 339 g/mol. The molecule has 0 bridgehead atoms. The fourth-order valence-corrected chi connectivity index (χ4v) is 3.44. The smallest absolute Gasteiger partial charge is 0.223 e. The molecule has 2 aromatic carbocycles. The Bertz CT molecular complexity index is 718. The molecule has 1 amide bonds. The van der Waals surface area contributed by atoms with Gasteiger partial charge in [-0.15, -0.1) is 0 Å². The number of rotatable bonds is 4. The van der Waals surface area contributed by atoms with Crippen molar-refractivity contribution in [1.82, 2.24) is 4.90 Å². The fourth-order valence-electron chi connectivity index (χ4n) is 3.44. The van der Waals surface area contributed by atoms with E-state index < -0.39 is 0 Å². The van der Waals surface area contributed by atoms with Crippen LogP contribution < -0.4 is 0 Å². The van der Waals surface area contributed by atoms with Crippen molar-refractivity contribution in [2.45, 2.75) is 32.1 Å². The van der Waals surface area contributed by atoms with E-state index in [0.29, 0.717) is 12.3 Å². The van der Waals surface area contributed by atoms with Crippen molar-refractivity contribution in [3.8, 4) is 11.5 Å². The van der Waals surface area contributed by atoms with Crippen molar-refractivity contribution >= 4 is 5.91 Å². The van der Waals surface area contributed by atoms with Gasteiger partial charge in [-0.2, -0.15) is 0 Å². The molecule has 0 radical (unpaired) electrons. The zero-order valence-electron chi connectivity index (χ0n) is 14.6. The van der Waals surface area contributed by atoms with E-state index >= 15 is 0 Å². The summed E-state index contributed by atoms with van der Waals surface area (Å²) >= 11 is 0. The van der Waals surface area contributed by atoms with E-state index in [-0.39, 0.29) is 23.3 Å². The molecule has 25 heavy (non-hydrogen) atoms.